The van der Waals surface area contributed by atoms with Crippen LogP contribution in [0, 0.1) is 38.0 Å². The molecule has 1 heterocycles. The second-order valence-corrected chi connectivity index (χ2v) is 10.9. The minimum atomic E-state index is -0.404. The predicted molar refractivity (Wildman–Crippen MR) is 141 cm³/mol. The molecule has 35 heavy (non-hydrogen) atoms. The Hall–Kier alpha value is -2.81. The van der Waals surface area contributed by atoms with Crippen LogP contribution in [0.2, 0.25) is 5.02 Å². The first-order chi connectivity index (χ1) is 16.8. The van der Waals surface area contributed by atoms with Crippen molar-refractivity contribution in [2.45, 2.75) is 70.8 Å². The molecule has 2 N–H and O–H groups in total. The molecule has 6 heteroatoms. The van der Waals surface area contributed by atoms with Crippen molar-refractivity contribution < 1.29 is 4.52 Å². The maximum Gasteiger partial charge on any atom is 0.141 e. The summed E-state index contributed by atoms with van der Waals surface area (Å²) in [4.78, 5) is 2.40. The summed E-state index contributed by atoms with van der Waals surface area (Å²) in [6.07, 6.45) is 6.16. The number of nitrogens with zero attached hydrogens (tertiary/aromatic N) is 3. The fourth-order valence-corrected chi connectivity index (χ4v) is 5.90. The smallest absolute Gasteiger partial charge is 0.141 e. The lowest BCUT2D eigenvalue weighted by Crippen LogP contribution is -2.32. The quantitative estimate of drug-likeness (QED) is 0.399. The highest BCUT2D eigenvalue weighted by molar-refractivity contribution is 6.32. The highest BCUT2D eigenvalue weighted by Crippen LogP contribution is 2.50. The average Bonchev–Trinajstić information content (AvgIpc) is 3.57. The Labute approximate surface area is 212 Å². The van der Waals surface area contributed by atoms with Gasteiger partial charge in [0.15, 0.2) is 0 Å². The number of anilines is 2. The third-order valence-electron chi connectivity index (χ3n) is 7.90. The van der Waals surface area contributed by atoms with E-state index in [0.29, 0.717) is 17.0 Å². The van der Waals surface area contributed by atoms with Crippen molar-refractivity contribution in [3.05, 3.63) is 64.0 Å². The Bertz CT molecular complexity index is 1260. The largest absolute Gasteiger partial charge is 0.361 e. The van der Waals surface area contributed by atoms with Gasteiger partial charge in [0.25, 0.3) is 0 Å². The zero-order valence-corrected chi connectivity index (χ0v) is 21.5. The van der Waals surface area contributed by atoms with Gasteiger partial charge in [-0.25, -0.2) is 0 Å². The number of nitrogens with two attached hydrogens (primary N) is 1. The van der Waals surface area contributed by atoms with Crippen molar-refractivity contribution in [3.8, 4) is 17.2 Å². The number of benzene rings is 2. The van der Waals surface area contributed by atoms with Gasteiger partial charge in [0.05, 0.1) is 17.2 Å². The monoisotopic (exact) mass is 488 g/mol. The Balaban J connectivity index is 1.56. The molecule has 3 aromatic rings. The van der Waals surface area contributed by atoms with Crippen LogP contribution in [0.4, 0.5) is 11.4 Å². The van der Waals surface area contributed by atoms with Crippen LogP contribution < -0.4 is 10.6 Å². The molecule has 0 saturated heterocycles. The Kier molecular flexibility index (Phi) is 6.38. The molecular weight excluding hydrogens is 456 g/mol. The summed E-state index contributed by atoms with van der Waals surface area (Å²) in [6.45, 7) is 6.99. The van der Waals surface area contributed by atoms with Crippen LogP contribution in [0.5, 0.6) is 0 Å². The highest BCUT2D eigenvalue weighted by atomic mass is 35.5. The lowest BCUT2D eigenvalue weighted by atomic mass is 9.85. The van der Waals surface area contributed by atoms with Gasteiger partial charge in [-0.3, -0.25) is 0 Å². The number of halogens is 1. The number of aryl methyl sites for hydroxylation is 3. The molecule has 0 bridgehead atoms. The van der Waals surface area contributed by atoms with E-state index in [1.54, 1.807) is 0 Å². The van der Waals surface area contributed by atoms with Gasteiger partial charge in [0.2, 0.25) is 0 Å². The molecule has 2 fully saturated rings. The molecule has 2 aliphatic carbocycles. The van der Waals surface area contributed by atoms with E-state index < -0.39 is 5.41 Å². The number of rotatable bonds is 6. The molecule has 5 rings (SSSR count). The van der Waals surface area contributed by atoms with Crippen molar-refractivity contribution >= 4 is 23.0 Å². The van der Waals surface area contributed by atoms with Gasteiger partial charge >= 0.3 is 0 Å². The molecule has 2 saturated carbocycles. The number of hydrogen-bond acceptors (Lipinski definition) is 5. The van der Waals surface area contributed by atoms with E-state index in [2.05, 4.69) is 53.4 Å². The Morgan fingerprint density at radius 2 is 1.86 bits per heavy atom. The molecule has 0 spiro atoms. The lowest BCUT2D eigenvalue weighted by molar-refractivity contribution is 0.332. The summed E-state index contributed by atoms with van der Waals surface area (Å²) in [6, 6.07) is 15.6. The molecule has 5 nitrogen and oxygen atoms in total. The van der Waals surface area contributed by atoms with Gasteiger partial charge < -0.3 is 15.2 Å². The van der Waals surface area contributed by atoms with E-state index in [4.69, 9.17) is 21.9 Å². The molecular formula is C29H33ClN4O. The minimum Gasteiger partial charge on any atom is -0.361 e. The number of aromatic nitrogens is 1. The van der Waals surface area contributed by atoms with E-state index in [9.17, 15) is 5.26 Å². The van der Waals surface area contributed by atoms with Gasteiger partial charge in [-0.1, -0.05) is 35.0 Å². The summed E-state index contributed by atoms with van der Waals surface area (Å²) in [5.74, 6) is 1.38. The molecule has 0 amide bonds. The second kappa shape index (κ2) is 9.33. The van der Waals surface area contributed by atoms with Crippen molar-refractivity contribution in [1.29, 1.82) is 5.26 Å². The van der Waals surface area contributed by atoms with Gasteiger partial charge in [-0.15, -0.1) is 0 Å². The van der Waals surface area contributed by atoms with E-state index in [1.807, 2.05) is 19.9 Å². The van der Waals surface area contributed by atoms with E-state index >= 15 is 0 Å². The summed E-state index contributed by atoms with van der Waals surface area (Å²) >= 11 is 6.80. The van der Waals surface area contributed by atoms with Gasteiger partial charge in [-0.05, 0) is 100 Å². The molecule has 0 aliphatic heterocycles. The maximum atomic E-state index is 9.69. The number of hydrogen-bond donors (Lipinski definition) is 1. The normalized spacial score (nSPS) is 20.9. The summed E-state index contributed by atoms with van der Waals surface area (Å²) < 4.78 is 5.45. The SMILES string of the molecule is Cc1ccc(-c2c(C)noc2C)cc1N(CC1CCC(N)CC1)c1ccc(C2(C#N)CC2)c(Cl)c1. The third kappa shape index (κ3) is 4.58. The van der Waals surface area contributed by atoms with Crippen LogP contribution in [0.15, 0.2) is 40.9 Å². The van der Waals surface area contributed by atoms with Crippen LogP contribution in [0.1, 0.15) is 61.1 Å². The summed E-state index contributed by atoms with van der Waals surface area (Å²) in [5, 5.41) is 14.5. The standard InChI is InChI=1S/C29H33ClN4O/c1-18-4-7-22(28-19(2)33-35-20(28)3)14-27(18)34(16-21-5-8-23(32)9-6-21)24-10-11-25(26(30)15-24)29(17-31)12-13-29/h4,7,10-11,14-15,21,23H,5-6,8-9,12-13,16,32H2,1-3H3. The zero-order chi connectivity index (χ0) is 24.7. The topological polar surface area (TPSA) is 79.1 Å². The van der Waals surface area contributed by atoms with Crippen LogP contribution >= 0.6 is 11.6 Å². The van der Waals surface area contributed by atoms with Gasteiger partial charge in [-0.2, -0.15) is 5.26 Å². The van der Waals surface area contributed by atoms with Crippen LogP contribution in [0.3, 0.4) is 0 Å². The van der Waals surface area contributed by atoms with E-state index in [1.165, 1.54) is 5.56 Å². The Morgan fingerprint density at radius 3 is 2.46 bits per heavy atom. The number of nitriles is 1. The maximum absolute atomic E-state index is 9.69. The summed E-state index contributed by atoms with van der Waals surface area (Å²) in [7, 11) is 0. The lowest BCUT2D eigenvalue weighted by Gasteiger charge is -2.34. The molecule has 2 aliphatic rings. The minimum absolute atomic E-state index is 0.318. The molecule has 1 aromatic heterocycles. The van der Waals surface area contributed by atoms with Crippen molar-refractivity contribution in [2.75, 3.05) is 11.4 Å². The van der Waals surface area contributed by atoms with Crippen LogP contribution in [-0.2, 0) is 5.41 Å². The Morgan fingerprint density at radius 1 is 1.11 bits per heavy atom. The molecule has 0 unspecified atom stereocenters. The molecule has 2 aromatic carbocycles. The zero-order valence-electron chi connectivity index (χ0n) is 20.8. The third-order valence-corrected chi connectivity index (χ3v) is 8.21. The molecule has 0 atom stereocenters. The fourth-order valence-electron chi connectivity index (χ4n) is 5.55. The van der Waals surface area contributed by atoms with E-state index in [-0.39, 0.29) is 0 Å². The fraction of sp³-hybridized carbons (Fsp3) is 0.448. The van der Waals surface area contributed by atoms with Gasteiger partial charge in [0.1, 0.15) is 5.76 Å². The summed E-state index contributed by atoms with van der Waals surface area (Å²) in [5.41, 5.74) is 13.2. The van der Waals surface area contributed by atoms with Crippen molar-refractivity contribution in [1.82, 2.24) is 5.16 Å². The second-order valence-electron chi connectivity index (χ2n) is 10.4. The molecule has 182 valence electrons. The van der Waals surface area contributed by atoms with Crippen molar-refractivity contribution in [2.24, 2.45) is 11.7 Å². The first kappa shape index (κ1) is 23.9. The first-order valence-electron chi connectivity index (χ1n) is 12.6. The van der Waals surface area contributed by atoms with E-state index in [0.717, 1.165) is 84.6 Å². The molecule has 0 radical (unpaired) electrons. The van der Waals surface area contributed by atoms with Crippen LogP contribution in [0.25, 0.3) is 11.1 Å². The predicted octanol–water partition coefficient (Wildman–Crippen LogP) is 7.13. The first-order valence-corrected chi connectivity index (χ1v) is 13.0. The van der Waals surface area contributed by atoms with Crippen LogP contribution in [-0.4, -0.2) is 17.7 Å². The highest BCUT2D eigenvalue weighted by Gasteiger charge is 2.46. The van der Waals surface area contributed by atoms with Gasteiger partial charge in [0, 0.05) is 34.5 Å². The van der Waals surface area contributed by atoms with Crippen molar-refractivity contribution in [3.63, 3.8) is 0 Å². The average molecular weight is 489 g/mol.